The van der Waals surface area contributed by atoms with Gasteiger partial charge in [0.1, 0.15) is 23.7 Å². The summed E-state index contributed by atoms with van der Waals surface area (Å²) in [6, 6.07) is 14.5. The van der Waals surface area contributed by atoms with Crippen molar-refractivity contribution in [3.63, 3.8) is 0 Å². The van der Waals surface area contributed by atoms with Crippen LogP contribution >= 0.6 is 0 Å². The van der Waals surface area contributed by atoms with Gasteiger partial charge in [0.15, 0.2) is 0 Å². The zero-order valence-electron chi connectivity index (χ0n) is 23.4. The van der Waals surface area contributed by atoms with Gasteiger partial charge in [-0.15, -0.1) is 0 Å². The molecule has 0 saturated carbocycles. The van der Waals surface area contributed by atoms with Gasteiger partial charge in [-0.1, -0.05) is 32.6 Å². The lowest BCUT2D eigenvalue weighted by Gasteiger charge is -2.32. The van der Waals surface area contributed by atoms with Crippen LogP contribution in [0.15, 0.2) is 72.1 Å². The smallest absolute Gasteiger partial charge is 0.245 e. The molecule has 8 heteroatoms. The van der Waals surface area contributed by atoms with Gasteiger partial charge < -0.3 is 24.7 Å². The van der Waals surface area contributed by atoms with Crippen LogP contribution in [0, 0.1) is 0 Å². The van der Waals surface area contributed by atoms with Gasteiger partial charge >= 0.3 is 0 Å². The zero-order valence-corrected chi connectivity index (χ0v) is 23.4. The Morgan fingerprint density at radius 1 is 1.18 bits per heavy atom. The standard InChI is InChI=1S/C32H37N5O3/c1-5-21(4)24-11-10-22(29-9-8-16-40-29)17-27(24)36-32-25-18-28(30(39-7-3)19-26(25)33-20-34-32)35-23-12-14-37(15-13-23)31(38)6-2/h6,8-11,16-21,23,35H,2,5,7,12-15H2,1,3-4H3,(H,33,34,36). The SMILES string of the molecule is C=CC(=O)N1CCC(Nc2cc3c(Nc4cc(-c5ccco5)ccc4C(C)CC)ncnc3cc2OCC)CC1. The summed E-state index contributed by atoms with van der Waals surface area (Å²) in [5, 5.41) is 8.20. The molecule has 2 N–H and O–H groups in total. The van der Waals surface area contributed by atoms with Crippen LogP contribution in [0.3, 0.4) is 0 Å². The molecule has 3 heterocycles. The monoisotopic (exact) mass is 539 g/mol. The second kappa shape index (κ2) is 12.2. The third-order valence-corrected chi connectivity index (χ3v) is 7.63. The van der Waals surface area contributed by atoms with E-state index in [0.29, 0.717) is 25.6 Å². The van der Waals surface area contributed by atoms with Crippen LogP contribution in [0.25, 0.3) is 22.2 Å². The molecule has 1 fully saturated rings. The van der Waals surface area contributed by atoms with Crippen LogP contribution in [-0.4, -0.2) is 46.5 Å². The van der Waals surface area contributed by atoms with Crippen molar-refractivity contribution in [3.05, 3.63) is 73.3 Å². The van der Waals surface area contributed by atoms with Crippen molar-refractivity contribution in [1.29, 1.82) is 0 Å². The number of ether oxygens (including phenoxy) is 1. The molecule has 1 atom stereocenters. The van der Waals surface area contributed by atoms with E-state index in [2.05, 4.69) is 65.3 Å². The fraction of sp³-hybridized carbons (Fsp3) is 0.344. The normalized spacial score (nSPS) is 14.6. The quantitative estimate of drug-likeness (QED) is 0.207. The summed E-state index contributed by atoms with van der Waals surface area (Å²) in [4.78, 5) is 23.1. The summed E-state index contributed by atoms with van der Waals surface area (Å²) < 4.78 is 11.7. The maximum Gasteiger partial charge on any atom is 0.245 e. The first kappa shape index (κ1) is 27.2. The van der Waals surface area contributed by atoms with Crippen LogP contribution in [0.2, 0.25) is 0 Å². The lowest BCUT2D eigenvalue weighted by atomic mass is 9.95. The van der Waals surface area contributed by atoms with Crippen molar-refractivity contribution in [2.75, 3.05) is 30.3 Å². The van der Waals surface area contributed by atoms with E-state index in [0.717, 1.165) is 64.4 Å². The number of furan rings is 1. The number of hydrogen-bond donors (Lipinski definition) is 2. The van der Waals surface area contributed by atoms with Gasteiger partial charge in [0, 0.05) is 41.8 Å². The molecule has 1 aliphatic heterocycles. The number of amides is 1. The Bertz CT molecular complexity index is 1480. The molecule has 5 rings (SSSR count). The molecule has 4 aromatic rings. The summed E-state index contributed by atoms with van der Waals surface area (Å²) in [5.74, 6) is 2.65. The maximum atomic E-state index is 12.0. The molecule has 0 radical (unpaired) electrons. The van der Waals surface area contributed by atoms with Gasteiger partial charge in [-0.2, -0.15) is 0 Å². The first-order valence-corrected chi connectivity index (χ1v) is 14.0. The molecular weight excluding hydrogens is 502 g/mol. The number of likely N-dealkylation sites (tertiary alicyclic amines) is 1. The maximum absolute atomic E-state index is 12.0. The molecule has 0 aliphatic carbocycles. The van der Waals surface area contributed by atoms with Gasteiger partial charge in [0.2, 0.25) is 5.91 Å². The second-order valence-electron chi connectivity index (χ2n) is 10.2. The summed E-state index contributed by atoms with van der Waals surface area (Å²) in [6.07, 6.45) is 7.36. The van der Waals surface area contributed by atoms with E-state index < -0.39 is 0 Å². The average molecular weight is 540 g/mol. The van der Waals surface area contributed by atoms with Crippen LogP contribution in [0.1, 0.15) is 51.5 Å². The van der Waals surface area contributed by atoms with Gasteiger partial charge in [0.25, 0.3) is 0 Å². The number of piperidine rings is 1. The van der Waals surface area contributed by atoms with Gasteiger partial charge in [-0.05, 0) is 68.0 Å². The van der Waals surface area contributed by atoms with Crippen molar-refractivity contribution in [2.24, 2.45) is 0 Å². The third kappa shape index (κ3) is 5.81. The number of nitrogens with one attached hydrogen (secondary N) is 2. The van der Waals surface area contributed by atoms with Crippen molar-refractivity contribution in [3.8, 4) is 17.1 Å². The molecule has 1 unspecified atom stereocenters. The molecule has 1 amide bonds. The fourth-order valence-electron chi connectivity index (χ4n) is 5.20. The lowest BCUT2D eigenvalue weighted by Crippen LogP contribution is -2.41. The Labute approximate surface area is 235 Å². The van der Waals surface area contributed by atoms with Crippen LogP contribution in [-0.2, 0) is 4.79 Å². The van der Waals surface area contributed by atoms with Gasteiger partial charge in [-0.3, -0.25) is 4.79 Å². The van der Waals surface area contributed by atoms with E-state index in [9.17, 15) is 4.79 Å². The van der Waals surface area contributed by atoms with Crippen LogP contribution in [0.4, 0.5) is 17.2 Å². The van der Waals surface area contributed by atoms with Crippen LogP contribution in [0.5, 0.6) is 5.75 Å². The number of fused-ring (bicyclic) bond motifs is 1. The number of rotatable bonds is 10. The molecule has 8 nitrogen and oxygen atoms in total. The molecule has 0 bridgehead atoms. The minimum atomic E-state index is -0.0140. The Morgan fingerprint density at radius 2 is 2.00 bits per heavy atom. The minimum absolute atomic E-state index is 0.0140. The minimum Gasteiger partial charge on any atom is -0.492 e. The predicted octanol–water partition coefficient (Wildman–Crippen LogP) is 7.13. The summed E-state index contributed by atoms with van der Waals surface area (Å²) in [7, 11) is 0. The number of anilines is 3. The van der Waals surface area contributed by atoms with Crippen molar-refractivity contribution in [1.82, 2.24) is 14.9 Å². The van der Waals surface area contributed by atoms with Crippen molar-refractivity contribution >= 4 is 34.0 Å². The first-order chi connectivity index (χ1) is 19.5. The zero-order chi connectivity index (χ0) is 28.1. The number of benzene rings is 2. The van der Waals surface area contributed by atoms with E-state index >= 15 is 0 Å². The van der Waals surface area contributed by atoms with Gasteiger partial charge in [-0.25, -0.2) is 9.97 Å². The number of nitrogens with zero attached hydrogens (tertiary/aromatic N) is 3. The largest absolute Gasteiger partial charge is 0.492 e. The number of aromatic nitrogens is 2. The summed E-state index contributed by atoms with van der Waals surface area (Å²) >= 11 is 0. The molecule has 40 heavy (non-hydrogen) atoms. The summed E-state index contributed by atoms with van der Waals surface area (Å²) in [5.41, 5.74) is 4.90. The first-order valence-electron chi connectivity index (χ1n) is 14.0. The Hall–Kier alpha value is -4.33. The molecular formula is C32H37N5O3. The topological polar surface area (TPSA) is 92.5 Å². The van der Waals surface area contributed by atoms with Crippen molar-refractivity contribution < 1.29 is 13.9 Å². The molecule has 1 saturated heterocycles. The van der Waals surface area contributed by atoms with E-state index in [-0.39, 0.29) is 11.9 Å². The highest BCUT2D eigenvalue weighted by molar-refractivity contribution is 5.95. The Kier molecular flexibility index (Phi) is 8.34. The van der Waals surface area contributed by atoms with Gasteiger partial charge in [0.05, 0.1) is 24.1 Å². The fourth-order valence-corrected chi connectivity index (χ4v) is 5.20. The van der Waals surface area contributed by atoms with E-state index in [1.807, 2.05) is 30.0 Å². The highest BCUT2D eigenvalue weighted by Gasteiger charge is 2.23. The summed E-state index contributed by atoms with van der Waals surface area (Å²) in [6.45, 7) is 11.9. The second-order valence-corrected chi connectivity index (χ2v) is 10.2. The Morgan fingerprint density at radius 3 is 2.70 bits per heavy atom. The number of hydrogen-bond acceptors (Lipinski definition) is 7. The molecule has 0 spiro atoms. The van der Waals surface area contributed by atoms with E-state index in [4.69, 9.17) is 9.15 Å². The van der Waals surface area contributed by atoms with E-state index in [1.165, 1.54) is 11.6 Å². The highest BCUT2D eigenvalue weighted by Crippen LogP contribution is 2.37. The number of carbonyl (C=O) groups excluding carboxylic acids is 1. The molecule has 1 aliphatic rings. The highest BCUT2D eigenvalue weighted by atomic mass is 16.5. The van der Waals surface area contributed by atoms with E-state index in [1.54, 1.807) is 12.6 Å². The molecule has 208 valence electrons. The van der Waals surface area contributed by atoms with Crippen molar-refractivity contribution in [2.45, 2.75) is 52.0 Å². The molecule has 2 aromatic carbocycles. The Balaban J connectivity index is 1.49. The van der Waals surface area contributed by atoms with Crippen LogP contribution < -0.4 is 15.4 Å². The number of carbonyl (C=O) groups is 1. The third-order valence-electron chi connectivity index (χ3n) is 7.63. The predicted molar refractivity (Wildman–Crippen MR) is 160 cm³/mol. The average Bonchev–Trinajstić information content (AvgIpc) is 3.53. The lowest BCUT2D eigenvalue weighted by molar-refractivity contribution is -0.126. The molecule has 2 aromatic heterocycles.